The van der Waals surface area contributed by atoms with Gasteiger partial charge < -0.3 is 4.74 Å². The number of esters is 1. The van der Waals surface area contributed by atoms with Gasteiger partial charge in [-0.1, -0.05) is 37.3 Å². The monoisotopic (exact) mass is 405 g/mol. The van der Waals surface area contributed by atoms with Crippen molar-refractivity contribution in [3.8, 4) is 0 Å². The molecule has 1 aromatic rings. The summed E-state index contributed by atoms with van der Waals surface area (Å²) in [5, 5.41) is 0. The lowest BCUT2D eigenvalue weighted by atomic mass is 10.0. The molecular formula is C14H16INO3S. The molecule has 1 aliphatic heterocycles. The number of carbonyl (C=O) groups excluding carboxylic acids is 2. The van der Waals surface area contributed by atoms with Gasteiger partial charge in [-0.05, 0) is 18.4 Å². The molecule has 0 N–H and O–H groups in total. The molecule has 1 heterocycles. The lowest BCUT2D eigenvalue weighted by Crippen LogP contribution is -2.34. The Bertz CT molecular complexity index is 483. The first kappa shape index (κ1) is 15.6. The summed E-state index contributed by atoms with van der Waals surface area (Å²) in [6.07, 6.45) is 1.31. The van der Waals surface area contributed by atoms with Crippen LogP contribution in [-0.2, 0) is 20.9 Å². The minimum Gasteiger partial charge on any atom is -0.459 e. The summed E-state index contributed by atoms with van der Waals surface area (Å²) >= 11 is 2.03. The Morgan fingerprint density at radius 2 is 2.15 bits per heavy atom. The summed E-state index contributed by atoms with van der Waals surface area (Å²) in [4.78, 5) is 24.2. The van der Waals surface area contributed by atoms with Crippen LogP contribution in [0.1, 0.15) is 25.3 Å². The van der Waals surface area contributed by atoms with Gasteiger partial charge in [-0.2, -0.15) is 0 Å². The van der Waals surface area contributed by atoms with Crippen molar-refractivity contribution >= 4 is 42.2 Å². The fraction of sp³-hybridized carbons (Fsp3) is 0.429. The molecule has 0 aliphatic carbocycles. The number of ether oxygens (including phenoxy) is 1. The van der Waals surface area contributed by atoms with Crippen molar-refractivity contribution in [3.05, 3.63) is 35.9 Å². The van der Waals surface area contributed by atoms with E-state index in [2.05, 4.69) is 0 Å². The van der Waals surface area contributed by atoms with Crippen molar-refractivity contribution in [2.45, 2.75) is 32.4 Å². The van der Waals surface area contributed by atoms with Gasteiger partial charge in [0.15, 0.2) is 0 Å². The summed E-state index contributed by atoms with van der Waals surface area (Å²) in [5.74, 6) is -0.345. The number of rotatable bonds is 5. The highest BCUT2D eigenvalue weighted by molar-refractivity contribution is 14.2. The second-order valence-electron chi connectivity index (χ2n) is 4.68. The number of nitrogens with zero attached hydrogens (tertiary/aromatic N) is 1. The molecule has 20 heavy (non-hydrogen) atoms. The van der Waals surface area contributed by atoms with E-state index in [1.165, 1.54) is 9.12 Å². The Hall–Kier alpha value is -0.760. The van der Waals surface area contributed by atoms with Crippen LogP contribution in [0, 0.1) is 5.92 Å². The smallest absolute Gasteiger partial charge is 0.330 e. The van der Waals surface area contributed by atoms with E-state index < -0.39 is 6.04 Å². The van der Waals surface area contributed by atoms with Crippen molar-refractivity contribution in [1.29, 1.82) is 0 Å². The molecule has 0 aromatic heterocycles. The van der Waals surface area contributed by atoms with Gasteiger partial charge in [-0.3, -0.25) is 9.10 Å². The minimum atomic E-state index is -0.460. The Balaban J connectivity index is 1.96. The van der Waals surface area contributed by atoms with Gasteiger partial charge in [-0.15, -0.1) is 0 Å². The quantitative estimate of drug-likeness (QED) is 0.428. The molecule has 1 saturated heterocycles. The molecule has 0 spiro atoms. The zero-order valence-corrected chi connectivity index (χ0v) is 14.1. The van der Waals surface area contributed by atoms with E-state index in [4.69, 9.17) is 4.74 Å². The van der Waals surface area contributed by atoms with Crippen LogP contribution >= 0.6 is 30.3 Å². The number of benzene rings is 1. The van der Waals surface area contributed by atoms with Crippen LogP contribution in [0.25, 0.3) is 0 Å². The van der Waals surface area contributed by atoms with E-state index in [0.717, 1.165) is 12.0 Å². The molecule has 6 heteroatoms. The number of hydrogen-bond donors (Lipinski definition) is 0. The van der Waals surface area contributed by atoms with Crippen LogP contribution in [0.2, 0.25) is 0 Å². The molecule has 1 aliphatic rings. The third-order valence-corrected chi connectivity index (χ3v) is 5.28. The number of carbonyl (C=O) groups is 2. The second kappa shape index (κ2) is 7.31. The highest BCUT2D eigenvalue weighted by Gasteiger charge is 2.43. The normalized spacial score (nSPS) is 22.1. The van der Waals surface area contributed by atoms with Gasteiger partial charge in [0.1, 0.15) is 12.6 Å². The third-order valence-electron chi connectivity index (χ3n) is 3.42. The predicted octanol–water partition coefficient (Wildman–Crippen LogP) is 3.36. The fourth-order valence-corrected chi connectivity index (χ4v) is 4.13. The molecular weight excluding hydrogens is 389 g/mol. The van der Waals surface area contributed by atoms with Crippen molar-refractivity contribution in [2.75, 3.05) is 0 Å². The highest BCUT2D eigenvalue weighted by Crippen LogP contribution is 2.36. The molecule has 1 unspecified atom stereocenters. The molecule has 4 nitrogen and oxygen atoms in total. The zero-order chi connectivity index (χ0) is 14.5. The maximum atomic E-state index is 12.2. The molecule has 1 fully saturated rings. The van der Waals surface area contributed by atoms with Gasteiger partial charge in [-0.25, -0.2) is 4.79 Å². The maximum absolute atomic E-state index is 12.2. The fourth-order valence-electron chi connectivity index (χ4n) is 2.24. The van der Waals surface area contributed by atoms with Gasteiger partial charge in [0, 0.05) is 36.2 Å². The molecule has 1 amide bonds. The summed E-state index contributed by atoms with van der Waals surface area (Å²) in [6.45, 7) is 2.22. The average molecular weight is 405 g/mol. The van der Waals surface area contributed by atoms with E-state index >= 15 is 0 Å². The highest BCUT2D eigenvalue weighted by atomic mass is 127. The Labute approximate surface area is 135 Å². The van der Waals surface area contributed by atoms with Crippen molar-refractivity contribution < 1.29 is 14.3 Å². The Morgan fingerprint density at radius 1 is 1.45 bits per heavy atom. The minimum absolute atomic E-state index is 0.0357. The predicted molar refractivity (Wildman–Crippen MR) is 86.9 cm³/mol. The summed E-state index contributed by atoms with van der Waals surface area (Å²) in [6, 6.07) is 9.09. The van der Waals surface area contributed by atoms with E-state index in [9.17, 15) is 9.59 Å². The van der Waals surface area contributed by atoms with Crippen LogP contribution in [0.15, 0.2) is 30.3 Å². The van der Waals surface area contributed by atoms with Crippen molar-refractivity contribution in [1.82, 2.24) is 4.31 Å². The van der Waals surface area contributed by atoms with Crippen molar-refractivity contribution in [2.24, 2.45) is 5.92 Å². The summed E-state index contributed by atoms with van der Waals surface area (Å²) in [7, 11) is 1.27. The largest absolute Gasteiger partial charge is 0.459 e. The number of hydrogen-bond acceptors (Lipinski definition) is 4. The van der Waals surface area contributed by atoms with E-state index in [0.29, 0.717) is 6.42 Å². The molecule has 0 saturated carbocycles. The van der Waals surface area contributed by atoms with Crippen LogP contribution in [0.5, 0.6) is 0 Å². The lowest BCUT2D eigenvalue weighted by molar-refractivity contribution is -0.150. The van der Waals surface area contributed by atoms with Crippen LogP contribution in [-0.4, -0.2) is 22.2 Å². The average Bonchev–Trinajstić information content (AvgIpc) is 2.82. The topological polar surface area (TPSA) is 46.6 Å². The SMILES string of the molecule is CC[C@@H]1CC(C(=O)OCc2ccccc2)N(SI)C1=O. The van der Waals surface area contributed by atoms with Gasteiger partial charge in [0.25, 0.3) is 0 Å². The van der Waals surface area contributed by atoms with Gasteiger partial charge in [0.05, 0.1) is 0 Å². The number of halogens is 1. The first-order chi connectivity index (χ1) is 9.67. The van der Waals surface area contributed by atoms with Crippen molar-refractivity contribution in [3.63, 3.8) is 0 Å². The van der Waals surface area contributed by atoms with E-state index in [1.807, 2.05) is 58.5 Å². The van der Waals surface area contributed by atoms with E-state index in [-0.39, 0.29) is 24.4 Å². The second-order valence-corrected chi connectivity index (χ2v) is 6.40. The standard InChI is InChI=1S/C14H16INO3S/c1-2-11-8-12(16(20-15)13(11)17)14(18)19-9-10-6-4-3-5-7-10/h3-7,11-12H,2,8-9H2,1H3/t11-,12?/m1/s1. The van der Waals surface area contributed by atoms with Crippen LogP contribution in [0.3, 0.4) is 0 Å². The van der Waals surface area contributed by atoms with Gasteiger partial charge in [0.2, 0.25) is 5.91 Å². The third kappa shape index (κ3) is 3.46. The maximum Gasteiger partial charge on any atom is 0.330 e. The first-order valence-corrected chi connectivity index (χ1v) is 9.81. The summed E-state index contributed by atoms with van der Waals surface area (Å²) in [5.41, 5.74) is 0.950. The lowest BCUT2D eigenvalue weighted by Gasteiger charge is -2.19. The Kier molecular flexibility index (Phi) is 5.71. The zero-order valence-electron chi connectivity index (χ0n) is 11.1. The molecule has 108 valence electrons. The molecule has 1 aromatic carbocycles. The Morgan fingerprint density at radius 3 is 2.75 bits per heavy atom. The van der Waals surface area contributed by atoms with Crippen LogP contribution < -0.4 is 0 Å². The molecule has 0 bridgehead atoms. The molecule has 2 atom stereocenters. The summed E-state index contributed by atoms with van der Waals surface area (Å²) < 4.78 is 6.88. The first-order valence-electron chi connectivity index (χ1n) is 6.49. The van der Waals surface area contributed by atoms with Crippen LogP contribution in [0.4, 0.5) is 0 Å². The molecule has 0 radical (unpaired) electrons. The molecule has 2 rings (SSSR count). The number of amides is 1. The van der Waals surface area contributed by atoms with E-state index in [1.54, 1.807) is 4.31 Å². The van der Waals surface area contributed by atoms with Gasteiger partial charge >= 0.3 is 5.97 Å².